The van der Waals surface area contributed by atoms with Crippen LogP contribution in [0, 0.1) is 2.88 Å². The Morgan fingerprint density at radius 1 is 1.62 bits per heavy atom. The van der Waals surface area contributed by atoms with Crippen LogP contribution < -0.4 is 5.32 Å². The smallest absolute Gasteiger partial charge is 0.261 e. The molecule has 0 bridgehead atoms. The van der Waals surface area contributed by atoms with Crippen molar-refractivity contribution in [2.45, 2.75) is 6.43 Å². The van der Waals surface area contributed by atoms with E-state index < -0.39 is 13.0 Å². The van der Waals surface area contributed by atoms with Gasteiger partial charge < -0.3 is 10.1 Å². The van der Waals surface area contributed by atoms with E-state index in [1.54, 1.807) is 11.4 Å². The summed E-state index contributed by atoms with van der Waals surface area (Å²) < 4.78 is 29.0. The molecule has 0 spiro atoms. The summed E-state index contributed by atoms with van der Waals surface area (Å²) >= 11 is 3.60. The largest absolute Gasteiger partial charge is 0.374 e. The average Bonchev–Trinajstić information content (AvgIpc) is 2.63. The molecule has 90 valence electrons. The van der Waals surface area contributed by atoms with E-state index in [0.717, 1.165) is 2.88 Å². The lowest BCUT2D eigenvalue weighted by molar-refractivity contribution is 0.0188. The molecule has 16 heavy (non-hydrogen) atoms. The van der Waals surface area contributed by atoms with Crippen molar-refractivity contribution in [2.75, 3.05) is 19.8 Å². The fourth-order valence-electron chi connectivity index (χ4n) is 0.940. The molecule has 1 rings (SSSR count). The van der Waals surface area contributed by atoms with Crippen LogP contribution in [0.1, 0.15) is 10.4 Å². The second-order valence-electron chi connectivity index (χ2n) is 2.86. The Hall–Kier alpha value is -0.280. The molecule has 3 nitrogen and oxygen atoms in total. The second kappa shape index (κ2) is 7.13. The summed E-state index contributed by atoms with van der Waals surface area (Å²) in [6.45, 7) is -0.262. The minimum atomic E-state index is -2.46. The van der Waals surface area contributed by atoms with Crippen molar-refractivity contribution < 1.29 is 18.3 Å². The lowest BCUT2D eigenvalue weighted by atomic mass is 10.3. The monoisotopic (exact) mass is 361 g/mol. The van der Waals surface area contributed by atoms with Gasteiger partial charge in [0, 0.05) is 11.9 Å². The first-order chi connectivity index (χ1) is 7.59. The van der Waals surface area contributed by atoms with E-state index in [9.17, 15) is 13.6 Å². The van der Waals surface area contributed by atoms with Gasteiger partial charge in [0.15, 0.2) is 0 Å². The number of carbonyl (C=O) groups excluding carboxylic acids is 1. The van der Waals surface area contributed by atoms with E-state index in [2.05, 4.69) is 32.6 Å². The zero-order chi connectivity index (χ0) is 12.0. The van der Waals surface area contributed by atoms with Gasteiger partial charge in [-0.2, -0.15) is 0 Å². The number of halogens is 3. The molecule has 0 atom stereocenters. The van der Waals surface area contributed by atoms with Gasteiger partial charge in [-0.3, -0.25) is 4.79 Å². The third-order valence-electron chi connectivity index (χ3n) is 1.61. The first-order valence-corrected chi connectivity index (χ1v) is 6.43. The predicted molar refractivity (Wildman–Crippen MR) is 66.2 cm³/mol. The van der Waals surface area contributed by atoms with Gasteiger partial charge in [-0.15, -0.1) is 11.3 Å². The van der Waals surface area contributed by atoms with E-state index in [-0.39, 0.29) is 19.1 Å². The highest BCUT2D eigenvalue weighted by Gasteiger charge is 2.07. The molecule has 0 aliphatic carbocycles. The molecule has 1 aromatic heterocycles. The molecule has 0 unspecified atom stereocenters. The van der Waals surface area contributed by atoms with Crippen molar-refractivity contribution in [3.63, 3.8) is 0 Å². The van der Waals surface area contributed by atoms with Gasteiger partial charge in [0.2, 0.25) is 0 Å². The van der Waals surface area contributed by atoms with Crippen LogP contribution in [0.25, 0.3) is 0 Å². The predicted octanol–water partition coefficient (Wildman–Crippen LogP) is 2.36. The van der Waals surface area contributed by atoms with Crippen molar-refractivity contribution >= 4 is 39.8 Å². The maximum atomic E-state index is 11.7. The molecule has 0 saturated carbocycles. The number of rotatable bonds is 6. The molecule has 0 radical (unpaired) electrons. The Morgan fingerprint density at radius 2 is 2.38 bits per heavy atom. The van der Waals surface area contributed by atoms with Crippen LogP contribution >= 0.6 is 33.9 Å². The molecule has 7 heteroatoms. The van der Waals surface area contributed by atoms with E-state index in [0.29, 0.717) is 5.56 Å². The highest BCUT2D eigenvalue weighted by molar-refractivity contribution is 14.1. The van der Waals surface area contributed by atoms with Crippen molar-refractivity contribution in [1.82, 2.24) is 5.32 Å². The van der Waals surface area contributed by atoms with Crippen molar-refractivity contribution in [2.24, 2.45) is 0 Å². The molecular formula is C9H10F2INO2S. The van der Waals surface area contributed by atoms with Gasteiger partial charge >= 0.3 is 0 Å². The molecule has 0 aromatic carbocycles. The highest BCUT2D eigenvalue weighted by atomic mass is 127. The first-order valence-electron chi connectivity index (χ1n) is 4.47. The van der Waals surface area contributed by atoms with Crippen molar-refractivity contribution in [3.05, 3.63) is 19.9 Å². The Bertz CT molecular complexity index is 346. The van der Waals surface area contributed by atoms with E-state index >= 15 is 0 Å². The lowest BCUT2D eigenvalue weighted by Crippen LogP contribution is -2.27. The van der Waals surface area contributed by atoms with Crippen LogP contribution in [0.5, 0.6) is 0 Å². The first kappa shape index (κ1) is 13.8. The van der Waals surface area contributed by atoms with Crippen LogP contribution in [0.15, 0.2) is 11.4 Å². The van der Waals surface area contributed by atoms with Gasteiger partial charge in [-0.25, -0.2) is 8.78 Å². The third-order valence-corrected chi connectivity index (χ3v) is 3.39. The SMILES string of the molecule is O=C(NCCOCC(F)F)c1csc(I)c1. The Balaban J connectivity index is 2.16. The summed E-state index contributed by atoms with van der Waals surface area (Å²) in [4.78, 5) is 11.4. The zero-order valence-corrected chi connectivity index (χ0v) is 11.2. The number of hydrogen-bond donors (Lipinski definition) is 1. The highest BCUT2D eigenvalue weighted by Crippen LogP contribution is 2.16. The fourth-order valence-corrected chi connectivity index (χ4v) is 2.27. The number of hydrogen-bond acceptors (Lipinski definition) is 3. The van der Waals surface area contributed by atoms with Gasteiger partial charge in [-0.05, 0) is 28.7 Å². The van der Waals surface area contributed by atoms with Gasteiger partial charge in [0.25, 0.3) is 12.3 Å². The Labute approximate surface area is 109 Å². The number of ether oxygens (including phenoxy) is 1. The normalized spacial score (nSPS) is 10.8. The summed E-state index contributed by atoms with van der Waals surface area (Å²) in [5, 5.41) is 4.33. The number of carbonyl (C=O) groups is 1. The van der Waals surface area contributed by atoms with E-state index in [1.165, 1.54) is 11.3 Å². The van der Waals surface area contributed by atoms with E-state index in [4.69, 9.17) is 0 Å². The van der Waals surface area contributed by atoms with E-state index in [1.807, 2.05) is 0 Å². The third kappa shape index (κ3) is 5.17. The quantitative estimate of drug-likeness (QED) is 0.624. The lowest BCUT2D eigenvalue weighted by Gasteiger charge is -2.04. The molecule has 0 fully saturated rings. The Morgan fingerprint density at radius 3 is 2.94 bits per heavy atom. The van der Waals surface area contributed by atoms with Crippen molar-refractivity contribution in [3.8, 4) is 0 Å². The number of alkyl halides is 2. The van der Waals surface area contributed by atoms with Crippen LogP contribution in [-0.4, -0.2) is 32.1 Å². The van der Waals surface area contributed by atoms with Crippen LogP contribution in [0.2, 0.25) is 0 Å². The molecule has 1 amide bonds. The summed E-state index contributed by atoms with van der Waals surface area (Å²) in [7, 11) is 0. The fraction of sp³-hybridized carbons (Fsp3) is 0.444. The number of nitrogens with one attached hydrogen (secondary N) is 1. The molecule has 0 aliphatic rings. The van der Waals surface area contributed by atoms with Crippen LogP contribution in [0.4, 0.5) is 8.78 Å². The second-order valence-corrected chi connectivity index (χ2v) is 5.67. The minimum Gasteiger partial charge on any atom is -0.374 e. The standard InChI is InChI=1S/C9H10F2INO2S/c10-7(11)4-15-2-1-13-9(14)6-3-8(12)16-5-6/h3,5,7H,1-2,4H2,(H,13,14). The van der Waals surface area contributed by atoms with Crippen molar-refractivity contribution in [1.29, 1.82) is 0 Å². The average molecular weight is 361 g/mol. The number of thiophene rings is 1. The van der Waals surface area contributed by atoms with Gasteiger partial charge in [0.05, 0.1) is 15.1 Å². The zero-order valence-electron chi connectivity index (χ0n) is 8.21. The maximum Gasteiger partial charge on any atom is 0.261 e. The van der Waals surface area contributed by atoms with Crippen LogP contribution in [0.3, 0.4) is 0 Å². The Kier molecular flexibility index (Phi) is 6.14. The summed E-state index contributed by atoms with van der Waals surface area (Å²) in [6, 6.07) is 1.76. The topological polar surface area (TPSA) is 38.3 Å². The maximum absolute atomic E-state index is 11.7. The van der Waals surface area contributed by atoms with Crippen LogP contribution in [-0.2, 0) is 4.74 Å². The summed E-state index contributed by atoms with van der Waals surface area (Å²) in [5.74, 6) is -0.209. The minimum absolute atomic E-state index is 0.0946. The summed E-state index contributed by atoms with van der Waals surface area (Å²) in [6.07, 6.45) is -2.46. The molecular weight excluding hydrogens is 351 g/mol. The molecule has 0 aliphatic heterocycles. The number of amides is 1. The molecule has 1 N–H and O–H groups in total. The molecule has 0 saturated heterocycles. The van der Waals surface area contributed by atoms with Gasteiger partial charge in [-0.1, -0.05) is 0 Å². The summed E-state index contributed by atoms with van der Waals surface area (Å²) in [5.41, 5.74) is 0.586. The molecule has 1 heterocycles. The van der Waals surface area contributed by atoms with Gasteiger partial charge in [0.1, 0.15) is 6.61 Å². The molecule has 1 aromatic rings.